The van der Waals surface area contributed by atoms with Gasteiger partial charge in [0.2, 0.25) is 0 Å². The van der Waals surface area contributed by atoms with Crippen LogP contribution in [0, 0.1) is 18.3 Å². The lowest BCUT2D eigenvalue weighted by molar-refractivity contribution is 0.0956. The summed E-state index contributed by atoms with van der Waals surface area (Å²) in [6, 6.07) is 2.07. The number of carbonyl (C=O) groups excluding carboxylic acids is 1. The molecule has 0 aliphatic carbocycles. The predicted octanol–water partition coefficient (Wildman–Crippen LogP) is 1.88. The van der Waals surface area contributed by atoms with Crippen molar-refractivity contribution in [2.45, 2.75) is 26.2 Å². The molecule has 80 valence electrons. The van der Waals surface area contributed by atoms with Crippen molar-refractivity contribution < 1.29 is 4.79 Å². The quantitative estimate of drug-likeness (QED) is 0.775. The number of unbranched alkanes of at least 4 members (excludes halogenated alkanes) is 2. The Hall–Kier alpha value is -1.41. The Kier molecular flexibility index (Phi) is 4.78. The molecule has 0 radical (unpaired) electrons. The standard InChI is InChI=1S/C10H13N3OS/c1-8-9(15-7-13-8)10(14)12-6-4-2-3-5-11/h7H,2-4,6H2,1H3,(H,12,14). The van der Waals surface area contributed by atoms with Crippen molar-refractivity contribution in [2.75, 3.05) is 6.54 Å². The van der Waals surface area contributed by atoms with Crippen molar-refractivity contribution in [1.82, 2.24) is 10.3 Å². The highest BCUT2D eigenvalue weighted by Crippen LogP contribution is 2.11. The average Bonchev–Trinajstić information content (AvgIpc) is 2.64. The highest BCUT2D eigenvalue weighted by Gasteiger charge is 2.10. The van der Waals surface area contributed by atoms with Crippen molar-refractivity contribution in [2.24, 2.45) is 0 Å². The fourth-order valence-corrected chi connectivity index (χ4v) is 1.85. The average molecular weight is 223 g/mol. The molecule has 15 heavy (non-hydrogen) atoms. The van der Waals surface area contributed by atoms with Gasteiger partial charge in [-0.3, -0.25) is 4.79 Å². The molecule has 5 heteroatoms. The third-order valence-corrected chi connectivity index (χ3v) is 2.88. The molecule has 1 N–H and O–H groups in total. The summed E-state index contributed by atoms with van der Waals surface area (Å²) in [5.74, 6) is -0.0630. The fourth-order valence-electron chi connectivity index (χ4n) is 1.13. The second-order valence-electron chi connectivity index (χ2n) is 3.14. The first-order valence-corrected chi connectivity index (χ1v) is 5.69. The van der Waals surface area contributed by atoms with Gasteiger partial charge in [0.05, 0.1) is 17.3 Å². The van der Waals surface area contributed by atoms with E-state index in [2.05, 4.69) is 16.4 Å². The number of amides is 1. The molecule has 0 unspecified atom stereocenters. The number of nitrogens with one attached hydrogen (secondary N) is 1. The summed E-state index contributed by atoms with van der Waals surface area (Å²) < 4.78 is 0. The van der Waals surface area contributed by atoms with E-state index in [0.29, 0.717) is 17.8 Å². The van der Waals surface area contributed by atoms with Gasteiger partial charge < -0.3 is 5.32 Å². The Morgan fingerprint density at radius 2 is 2.47 bits per heavy atom. The molecule has 1 heterocycles. The zero-order valence-electron chi connectivity index (χ0n) is 8.62. The summed E-state index contributed by atoms with van der Waals surface area (Å²) in [6.45, 7) is 2.44. The van der Waals surface area contributed by atoms with Gasteiger partial charge in [0.25, 0.3) is 5.91 Å². The maximum Gasteiger partial charge on any atom is 0.263 e. The van der Waals surface area contributed by atoms with Crippen LogP contribution >= 0.6 is 11.3 Å². The molecule has 1 aromatic heterocycles. The lowest BCUT2D eigenvalue weighted by Crippen LogP contribution is -2.24. The molecule has 0 aliphatic rings. The number of carbonyl (C=O) groups is 1. The van der Waals surface area contributed by atoms with Crippen molar-refractivity contribution in [1.29, 1.82) is 5.26 Å². The third kappa shape index (κ3) is 3.68. The lowest BCUT2D eigenvalue weighted by Gasteiger charge is -2.02. The summed E-state index contributed by atoms with van der Waals surface area (Å²) in [7, 11) is 0. The number of aryl methyl sites for hydroxylation is 1. The second kappa shape index (κ2) is 6.14. The van der Waals surface area contributed by atoms with Gasteiger partial charge in [-0.25, -0.2) is 4.98 Å². The Balaban J connectivity index is 2.26. The molecule has 4 nitrogen and oxygen atoms in total. The van der Waals surface area contributed by atoms with E-state index in [1.165, 1.54) is 11.3 Å². The topological polar surface area (TPSA) is 65.8 Å². The maximum absolute atomic E-state index is 11.6. The van der Waals surface area contributed by atoms with Crippen LogP contribution in [-0.4, -0.2) is 17.4 Å². The predicted molar refractivity (Wildman–Crippen MR) is 58.6 cm³/mol. The van der Waals surface area contributed by atoms with Gasteiger partial charge in [-0.15, -0.1) is 11.3 Å². The van der Waals surface area contributed by atoms with Gasteiger partial charge in [0.15, 0.2) is 0 Å². The minimum Gasteiger partial charge on any atom is -0.351 e. The first-order chi connectivity index (χ1) is 7.25. The summed E-state index contributed by atoms with van der Waals surface area (Å²) >= 11 is 1.35. The van der Waals surface area contributed by atoms with Crippen LogP contribution in [0.1, 0.15) is 34.6 Å². The summed E-state index contributed by atoms with van der Waals surface area (Å²) in [4.78, 5) is 16.2. The largest absolute Gasteiger partial charge is 0.351 e. The number of nitrogens with zero attached hydrogens (tertiary/aromatic N) is 2. The van der Waals surface area contributed by atoms with Gasteiger partial charge in [-0.05, 0) is 19.8 Å². The molecule has 1 amide bonds. The number of aromatic nitrogens is 1. The SMILES string of the molecule is Cc1ncsc1C(=O)NCCCCC#N. The first-order valence-electron chi connectivity index (χ1n) is 4.81. The molecule has 0 aromatic carbocycles. The van der Waals surface area contributed by atoms with Crippen LogP contribution in [0.15, 0.2) is 5.51 Å². The maximum atomic E-state index is 11.6. The minimum absolute atomic E-state index is 0.0630. The van der Waals surface area contributed by atoms with E-state index in [1.54, 1.807) is 5.51 Å². The second-order valence-corrected chi connectivity index (χ2v) is 3.99. The molecular weight excluding hydrogens is 210 g/mol. The van der Waals surface area contributed by atoms with E-state index < -0.39 is 0 Å². The van der Waals surface area contributed by atoms with Gasteiger partial charge in [0, 0.05) is 13.0 Å². The van der Waals surface area contributed by atoms with Crippen LogP contribution < -0.4 is 5.32 Å². The van der Waals surface area contributed by atoms with E-state index in [0.717, 1.165) is 18.5 Å². The monoisotopic (exact) mass is 223 g/mol. The smallest absolute Gasteiger partial charge is 0.263 e. The van der Waals surface area contributed by atoms with Crippen molar-refractivity contribution in [3.05, 3.63) is 16.1 Å². The van der Waals surface area contributed by atoms with Gasteiger partial charge >= 0.3 is 0 Å². The highest BCUT2D eigenvalue weighted by atomic mass is 32.1. The van der Waals surface area contributed by atoms with E-state index in [1.807, 2.05) is 6.92 Å². The van der Waals surface area contributed by atoms with Gasteiger partial charge in [-0.2, -0.15) is 5.26 Å². The van der Waals surface area contributed by atoms with Crippen LogP contribution in [-0.2, 0) is 0 Å². The van der Waals surface area contributed by atoms with Gasteiger partial charge in [0.1, 0.15) is 4.88 Å². The summed E-state index contributed by atoms with van der Waals surface area (Å²) in [5, 5.41) is 11.1. The number of hydrogen-bond acceptors (Lipinski definition) is 4. The Morgan fingerprint density at radius 1 is 1.67 bits per heavy atom. The first kappa shape index (κ1) is 11.7. The molecule has 0 spiro atoms. The number of thiazole rings is 1. The Morgan fingerprint density at radius 3 is 3.07 bits per heavy atom. The molecule has 0 fully saturated rings. The molecular formula is C10H13N3OS. The number of hydrogen-bond donors (Lipinski definition) is 1. The van der Waals surface area contributed by atoms with Crippen LogP contribution in [0.25, 0.3) is 0 Å². The summed E-state index contributed by atoms with van der Waals surface area (Å²) in [5.41, 5.74) is 2.44. The molecule has 0 atom stereocenters. The molecule has 0 bridgehead atoms. The van der Waals surface area contributed by atoms with E-state index >= 15 is 0 Å². The zero-order valence-corrected chi connectivity index (χ0v) is 9.43. The highest BCUT2D eigenvalue weighted by molar-refractivity contribution is 7.11. The molecule has 0 saturated carbocycles. The van der Waals surface area contributed by atoms with Crippen LogP contribution in [0.2, 0.25) is 0 Å². The van der Waals surface area contributed by atoms with E-state index in [-0.39, 0.29) is 5.91 Å². The molecule has 1 rings (SSSR count). The number of nitriles is 1. The third-order valence-electron chi connectivity index (χ3n) is 1.95. The molecule has 0 aliphatic heterocycles. The Labute approximate surface area is 92.9 Å². The van der Waals surface area contributed by atoms with Crippen molar-refractivity contribution in [3.8, 4) is 6.07 Å². The van der Waals surface area contributed by atoms with E-state index in [4.69, 9.17) is 5.26 Å². The van der Waals surface area contributed by atoms with Crippen molar-refractivity contribution >= 4 is 17.2 Å². The normalized spacial score (nSPS) is 9.60. The molecule has 0 saturated heterocycles. The van der Waals surface area contributed by atoms with Gasteiger partial charge in [-0.1, -0.05) is 0 Å². The lowest BCUT2D eigenvalue weighted by atomic mass is 10.2. The minimum atomic E-state index is -0.0630. The fraction of sp³-hybridized carbons (Fsp3) is 0.500. The summed E-state index contributed by atoms with van der Waals surface area (Å²) in [6.07, 6.45) is 2.23. The van der Waals surface area contributed by atoms with E-state index in [9.17, 15) is 4.79 Å². The van der Waals surface area contributed by atoms with Crippen LogP contribution in [0.4, 0.5) is 0 Å². The van der Waals surface area contributed by atoms with Crippen LogP contribution in [0.5, 0.6) is 0 Å². The van der Waals surface area contributed by atoms with Crippen LogP contribution in [0.3, 0.4) is 0 Å². The molecule has 1 aromatic rings. The number of rotatable bonds is 5. The zero-order chi connectivity index (χ0) is 11.1. The Bertz CT molecular complexity index is 367. The van der Waals surface area contributed by atoms with Crippen molar-refractivity contribution in [3.63, 3.8) is 0 Å².